The van der Waals surface area contributed by atoms with Gasteiger partial charge in [-0.2, -0.15) is 5.10 Å². The predicted octanol–water partition coefficient (Wildman–Crippen LogP) is 1.95. The number of aromatic amines is 1. The van der Waals surface area contributed by atoms with Crippen molar-refractivity contribution >= 4 is 11.3 Å². The molecular formula is C9H7FN2OS. The molecular weight excluding hydrogens is 203 g/mol. The van der Waals surface area contributed by atoms with Crippen LogP contribution < -0.4 is 4.87 Å². The minimum atomic E-state index is -0.283. The maximum atomic E-state index is 12.8. The van der Waals surface area contributed by atoms with Crippen molar-refractivity contribution in [2.45, 2.75) is 6.92 Å². The highest BCUT2D eigenvalue weighted by Crippen LogP contribution is 2.23. The number of hydrogen-bond donors (Lipinski definition) is 1. The minimum absolute atomic E-state index is 0.205. The van der Waals surface area contributed by atoms with Crippen LogP contribution in [0.5, 0.6) is 0 Å². The summed E-state index contributed by atoms with van der Waals surface area (Å²) >= 11 is 1.02. The maximum absolute atomic E-state index is 12.8. The van der Waals surface area contributed by atoms with Crippen molar-refractivity contribution in [1.29, 1.82) is 0 Å². The number of aryl methyl sites for hydroxylation is 1. The van der Waals surface area contributed by atoms with E-state index in [1.165, 1.54) is 12.1 Å². The monoisotopic (exact) mass is 210 g/mol. The Balaban J connectivity index is 2.57. The van der Waals surface area contributed by atoms with Gasteiger partial charge in [0.05, 0.1) is 0 Å². The van der Waals surface area contributed by atoms with Gasteiger partial charge in [-0.25, -0.2) is 9.49 Å². The highest BCUT2D eigenvalue weighted by Gasteiger charge is 2.06. The van der Waals surface area contributed by atoms with E-state index in [0.29, 0.717) is 5.01 Å². The van der Waals surface area contributed by atoms with E-state index in [4.69, 9.17) is 0 Å². The van der Waals surface area contributed by atoms with Gasteiger partial charge in [0.2, 0.25) is 0 Å². The Bertz CT molecular complexity index is 518. The van der Waals surface area contributed by atoms with Crippen molar-refractivity contribution in [3.63, 3.8) is 0 Å². The summed E-state index contributed by atoms with van der Waals surface area (Å²) in [5.41, 5.74) is 1.56. The van der Waals surface area contributed by atoms with Gasteiger partial charge in [0.1, 0.15) is 10.8 Å². The third kappa shape index (κ3) is 1.58. The first-order chi connectivity index (χ1) is 6.66. The minimum Gasteiger partial charge on any atom is -0.255 e. The van der Waals surface area contributed by atoms with Crippen LogP contribution in [-0.4, -0.2) is 10.2 Å². The van der Waals surface area contributed by atoms with Crippen LogP contribution in [0.3, 0.4) is 0 Å². The first kappa shape index (κ1) is 9.08. The van der Waals surface area contributed by atoms with Gasteiger partial charge in [0.15, 0.2) is 0 Å². The second kappa shape index (κ2) is 3.34. The normalized spacial score (nSPS) is 10.4. The van der Waals surface area contributed by atoms with Crippen LogP contribution in [0.15, 0.2) is 23.0 Å². The van der Waals surface area contributed by atoms with Gasteiger partial charge >= 0.3 is 4.87 Å². The SMILES string of the molecule is Cc1cc(F)ccc1-c1n[nH]c(=O)s1. The van der Waals surface area contributed by atoms with Gasteiger partial charge in [-0.3, -0.25) is 4.79 Å². The third-order valence-corrected chi connectivity index (χ3v) is 2.64. The summed E-state index contributed by atoms with van der Waals surface area (Å²) in [6, 6.07) is 4.40. The van der Waals surface area contributed by atoms with E-state index in [-0.39, 0.29) is 10.7 Å². The lowest BCUT2D eigenvalue weighted by atomic mass is 10.1. The van der Waals surface area contributed by atoms with E-state index in [2.05, 4.69) is 10.2 Å². The van der Waals surface area contributed by atoms with Gasteiger partial charge < -0.3 is 0 Å². The lowest BCUT2D eigenvalue weighted by Crippen LogP contribution is -1.90. The Morgan fingerprint density at radius 3 is 2.86 bits per heavy atom. The zero-order valence-electron chi connectivity index (χ0n) is 7.37. The molecule has 1 aromatic heterocycles. The summed E-state index contributed by atoms with van der Waals surface area (Å²) in [6.45, 7) is 1.78. The second-order valence-electron chi connectivity index (χ2n) is 2.88. The standard InChI is InChI=1S/C9H7FN2OS/c1-5-4-6(10)2-3-7(5)8-11-12-9(13)14-8/h2-4H,1H3,(H,12,13). The average Bonchev–Trinajstić information content (AvgIpc) is 2.51. The summed E-state index contributed by atoms with van der Waals surface area (Å²) < 4.78 is 12.8. The van der Waals surface area contributed by atoms with Gasteiger partial charge in [0.25, 0.3) is 0 Å². The Morgan fingerprint density at radius 2 is 2.29 bits per heavy atom. The van der Waals surface area contributed by atoms with E-state index in [9.17, 15) is 9.18 Å². The van der Waals surface area contributed by atoms with Crippen molar-refractivity contribution in [3.8, 4) is 10.6 Å². The van der Waals surface area contributed by atoms with Gasteiger partial charge in [0, 0.05) is 5.56 Å². The fourth-order valence-corrected chi connectivity index (χ4v) is 1.91. The molecule has 3 nitrogen and oxygen atoms in total. The fourth-order valence-electron chi connectivity index (χ4n) is 1.21. The second-order valence-corrected chi connectivity index (χ2v) is 3.84. The molecule has 72 valence electrons. The van der Waals surface area contributed by atoms with Crippen LogP contribution in [0.2, 0.25) is 0 Å². The average molecular weight is 210 g/mol. The zero-order valence-corrected chi connectivity index (χ0v) is 8.19. The number of aromatic nitrogens is 2. The number of H-pyrrole nitrogens is 1. The summed E-state index contributed by atoms with van der Waals surface area (Å²) in [4.78, 5) is 10.7. The van der Waals surface area contributed by atoms with Crippen LogP contribution in [0.1, 0.15) is 5.56 Å². The predicted molar refractivity (Wildman–Crippen MR) is 52.9 cm³/mol. The molecule has 1 aromatic carbocycles. The van der Waals surface area contributed by atoms with Crippen LogP contribution >= 0.6 is 11.3 Å². The lowest BCUT2D eigenvalue weighted by Gasteiger charge is -2.00. The highest BCUT2D eigenvalue weighted by atomic mass is 32.1. The zero-order chi connectivity index (χ0) is 10.1. The fraction of sp³-hybridized carbons (Fsp3) is 0.111. The number of nitrogens with zero attached hydrogens (tertiary/aromatic N) is 1. The van der Waals surface area contributed by atoms with Crippen molar-refractivity contribution in [3.05, 3.63) is 39.2 Å². The smallest absolute Gasteiger partial charge is 0.255 e. The molecule has 2 aromatic rings. The molecule has 1 heterocycles. The molecule has 0 unspecified atom stereocenters. The van der Waals surface area contributed by atoms with Crippen molar-refractivity contribution in [1.82, 2.24) is 10.2 Å². The first-order valence-corrected chi connectivity index (χ1v) is 4.80. The largest absolute Gasteiger partial charge is 0.322 e. The Kier molecular flexibility index (Phi) is 2.17. The molecule has 0 spiro atoms. The van der Waals surface area contributed by atoms with Crippen molar-refractivity contribution in [2.75, 3.05) is 0 Å². The summed E-state index contributed by atoms with van der Waals surface area (Å²) in [7, 11) is 0. The number of hydrogen-bond acceptors (Lipinski definition) is 3. The maximum Gasteiger partial charge on any atom is 0.322 e. The van der Waals surface area contributed by atoms with Gasteiger partial charge in [-0.1, -0.05) is 11.3 Å². The molecule has 5 heteroatoms. The molecule has 0 aliphatic carbocycles. The lowest BCUT2D eigenvalue weighted by molar-refractivity contribution is 0.627. The molecule has 0 saturated carbocycles. The van der Waals surface area contributed by atoms with E-state index in [1.54, 1.807) is 13.0 Å². The molecule has 0 fully saturated rings. The molecule has 0 bridgehead atoms. The van der Waals surface area contributed by atoms with E-state index in [1.807, 2.05) is 0 Å². The molecule has 0 amide bonds. The van der Waals surface area contributed by atoms with Crippen LogP contribution in [-0.2, 0) is 0 Å². The van der Waals surface area contributed by atoms with Crippen molar-refractivity contribution < 1.29 is 4.39 Å². The third-order valence-electron chi connectivity index (χ3n) is 1.86. The quantitative estimate of drug-likeness (QED) is 0.781. The van der Waals surface area contributed by atoms with Crippen LogP contribution in [0.25, 0.3) is 10.6 Å². The molecule has 1 N–H and O–H groups in total. The van der Waals surface area contributed by atoms with E-state index in [0.717, 1.165) is 22.5 Å². The van der Waals surface area contributed by atoms with Gasteiger partial charge in [-0.05, 0) is 30.7 Å². The number of nitrogens with one attached hydrogen (secondary N) is 1. The molecule has 2 rings (SSSR count). The number of halogens is 1. The molecule has 0 atom stereocenters. The summed E-state index contributed by atoms with van der Waals surface area (Å²) in [6.07, 6.45) is 0. The molecule has 0 saturated heterocycles. The van der Waals surface area contributed by atoms with E-state index < -0.39 is 0 Å². The van der Waals surface area contributed by atoms with E-state index >= 15 is 0 Å². The Labute approximate surface area is 83.2 Å². The van der Waals surface area contributed by atoms with Gasteiger partial charge in [-0.15, -0.1) is 0 Å². The van der Waals surface area contributed by atoms with Crippen LogP contribution in [0, 0.1) is 12.7 Å². The van der Waals surface area contributed by atoms with Crippen molar-refractivity contribution in [2.24, 2.45) is 0 Å². The van der Waals surface area contributed by atoms with Crippen LogP contribution in [0.4, 0.5) is 4.39 Å². The first-order valence-electron chi connectivity index (χ1n) is 3.99. The molecule has 0 aliphatic heterocycles. The Morgan fingerprint density at radius 1 is 1.50 bits per heavy atom. The molecule has 0 aliphatic rings. The molecule has 14 heavy (non-hydrogen) atoms. The number of benzene rings is 1. The summed E-state index contributed by atoms with van der Waals surface area (Å²) in [5.74, 6) is -0.283. The Hall–Kier alpha value is -1.49. The molecule has 0 radical (unpaired) electrons. The number of rotatable bonds is 1. The summed E-state index contributed by atoms with van der Waals surface area (Å²) in [5, 5.41) is 6.75. The highest BCUT2D eigenvalue weighted by molar-refractivity contribution is 7.12. The topological polar surface area (TPSA) is 45.8 Å².